The molecule has 0 atom stereocenters. The van der Waals surface area contributed by atoms with Crippen molar-refractivity contribution in [2.45, 2.75) is 26.4 Å². The van der Waals surface area contributed by atoms with Gasteiger partial charge in [-0.3, -0.25) is 9.48 Å². The Bertz CT molecular complexity index is 1360. The molecule has 1 aromatic carbocycles. The van der Waals surface area contributed by atoms with Gasteiger partial charge in [-0.1, -0.05) is 18.2 Å². The lowest BCUT2D eigenvalue weighted by Crippen LogP contribution is -2.39. The van der Waals surface area contributed by atoms with Crippen molar-refractivity contribution in [1.29, 1.82) is 0 Å². The molecular formula is C23H22F2N8O. The molecule has 0 unspecified atom stereocenters. The summed E-state index contributed by atoms with van der Waals surface area (Å²) in [6, 6.07) is 7.95. The standard InChI is InChI=1S/C23H22F2N8O/c1-14-11-26-23(29-18-6-7-27-31(18)2)30-19(14)17-13-32-8-9-33(22(34)21(32)28-17)12-15-4-3-5-16(10-15)20(24)25/h3-7,10-11,13,20H,8-9,12H2,1-2H3,(H,26,29,30). The Morgan fingerprint density at radius 1 is 1.18 bits per heavy atom. The van der Waals surface area contributed by atoms with Gasteiger partial charge in [-0.25, -0.2) is 23.7 Å². The molecule has 9 nitrogen and oxygen atoms in total. The average molecular weight is 464 g/mol. The predicted molar refractivity (Wildman–Crippen MR) is 121 cm³/mol. The summed E-state index contributed by atoms with van der Waals surface area (Å²) in [5.74, 6) is 1.17. The maximum absolute atomic E-state index is 13.1. The van der Waals surface area contributed by atoms with Crippen molar-refractivity contribution < 1.29 is 13.6 Å². The van der Waals surface area contributed by atoms with Gasteiger partial charge in [-0.2, -0.15) is 5.10 Å². The van der Waals surface area contributed by atoms with Gasteiger partial charge >= 0.3 is 0 Å². The van der Waals surface area contributed by atoms with Crippen LogP contribution in [0.2, 0.25) is 0 Å². The number of amides is 1. The minimum atomic E-state index is -2.55. The summed E-state index contributed by atoms with van der Waals surface area (Å²) in [7, 11) is 1.81. The molecule has 174 valence electrons. The van der Waals surface area contributed by atoms with Gasteiger partial charge in [0.05, 0.1) is 11.9 Å². The van der Waals surface area contributed by atoms with Crippen molar-refractivity contribution in [2.75, 3.05) is 11.9 Å². The lowest BCUT2D eigenvalue weighted by Gasteiger charge is -2.27. The molecule has 0 saturated heterocycles. The van der Waals surface area contributed by atoms with Crippen LogP contribution in [0.5, 0.6) is 0 Å². The Kier molecular flexibility index (Phi) is 5.52. The molecule has 1 N–H and O–H groups in total. The molecule has 1 aliphatic rings. The summed E-state index contributed by atoms with van der Waals surface area (Å²) < 4.78 is 29.5. The molecule has 4 aromatic rings. The lowest BCUT2D eigenvalue weighted by atomic mass is 10.1. The van der Waals surface area contributed by atoms with Crippen LogP contribution >= 0.6 is 0 Å². The zero-order valence-corrected chi connectivity index (χ0v) is 18.6. The molecule has 3 aromatic heterocycles. The lowest BCUT2D eigenvalue weighted by molar-refractivity contribution is 0.0683. The summed E-state index contributed by atoms with van der Waals surface area (Å²) in [5, 5.41) is 7.24. The minimum Gasteiger partial charge on any atom is -0.330 e. The first-order valence-electron chi connectivity index (χ1n) is 10.7. The van der Waals surface area contributed by atoms with Crippen LogP contribution in [0.15, 0.2) is 48.9 Å². The molecule has 0 fully saturated rings. The van der Waals surface area contributed by atoms with E-state index < -0.39 is 6.43 Å². The molecule has 0 radical (unpaired) electrons. The summed E-state index contributed by atoms with van der Waals surface area (Å²) in [6.07, 6.45) is 2.63. The number of imidazole rings is 1. The number of anilines is 2. The highest BCUT2D eigenvalue weighted by Crippen LogP contribution is 2.26. The number of nitrogens with one attached hydrogen (secondary N) is 1. The fourth-order valence-electron chi connectivity index (χ4n) is 3.91. The molecule has 0 spiro atoms. The third-order valence-corrected chi connectivity index (χ3v) is 5.72. The van der Waals surface area contributed by atoms with Crippen LogP contribution in [0.25, 0.3) is 11.4 Å². The SMILES string of the molecule is Cc1cnc(Nc2ccnn2C)nc1-c1cn2c(n1)C(=O)N(Cc1cccc(C(F)F)c1)CC2. The summed E-state index contributed by atoms with van der Waals surface area (Å²) in [6.45, 7) is 3.13. The summed E-state index contributed by atoms with van der Waals surface area (Å²) >= 11 is 0. The Morgan fingerprint density at radius 2 is 2.03 bits per heavy atom. The number of aryl methyl sites for hydroxylation is 2. The molecule has 1 aliphatic heterocycles. The summed E-state index contributed by atoms with van der Waals surface area (Å²) in [4.78, 5) is 28.3. The molecular weight excluding hydrogens is 442 g/mol. The van der Waals surface area contributed by atoms with E-state index in [1.54, 1.807) is 38.7 Å². The molecule has 11 heteroatoms. The van der Waals surface area contributed by atoms with Crippen LogP contribution in [0.3, 0.4) is 0 Å². The van der Waals surface area contributed by atoms with E-state index >= 15 is 0 Å². The second kappa shape index (κ2) is 8.65. The number of aromatic nitrogens is 6. The highest BCUT2D eigenvalue weighted by molar-refractivity contribution is 5.92. The monoisotopic (exact) mass is 464 g/mol. The van der Waals surface area contributed by atoms with Crippen molar-refractivity contribution in [2.24, 2.45) is 7.05 Å². The Balaban J connectivity index is 1.39. The van der Waals surface area contributed by atoms with Gasteiger partial charge in [0, 0.05) is 50.7 Å². The minimum absolute atomic E-state index is 0.0551. The Labute approximate surface area is 194 Å². The van der Waals surface area contributed by atoms with Crippen molar-refractivity contribution in [3.8, 4) is 11.4 Å². The van der Waals surface area contributed by atoms with E-state index in [0.29, 0.717) is 41.8 Å². The van der Waals surface area contributed by atoms with Crippen LogP contribution in [0, 0.1) is 6.92 Å². The van der Waals surface area contributed by atoms with Crippen LogP contribution in [0.1, 0.15) is 33.7 Å². The molecule has 5 rings (SSSR count). The number of fused-ring (bicyclic) bond motifs is 1. The van der Waals surface area contributed by atoms with Crippen molar-refractivity contribution in [1.82, 2.24) is 34.2 Å². The number of benzene rings is 1. The quantitative estimate of drug-likeness (QED) is 0.468. The molecule has 0 bridgehead atoms. The third kappa shape index (κ3) is 4.12. The topological polar surface area (TPSA) is 93.8 Å². The van der Waals surface area contributed by atoms with E-state index in [1.165, 1.54) is 12.1 Å². The van der Waals surface area contributed by atoms with Gasteiger partial charge in [0.15, 0.2) is 5.82 Å². The maximum Gasteiger partial charge on any atom is 0.290 e. The number of rotatable bonds is 6. The van der Waals surface area contributed by atoms with Gasteiger partial charge in [-0.15, -0.1) is 0 Å². The first kappa shape index (κ1) is 21.7. The zero-order valence-electron chi connectivity index (χ0n) is 18.6. The van der Waals surface area contributed by atoms with E-state index in [-0.39, 0.29) is 18.0 Å². The predicted octanol–water partition coefficient (Wildman–Crippen LogP) is 3.72. The number of nitrogens with zero attached hydrogens (tertiary/aromatic N) is 7. The largest absolute Gasteiger partial charge is 0.330 e. The van der Waals surface area contributed by atoms with Crippen molar-refractivity contribution in [3.05, 3.63) is 71.4 Å². The fraction of sp³-hybridized carbons (Fsp3) is 0.261. The van der Waals surface area contributed by atoms with Crippen LogP contribution < -0.4 is 5.32 Å². The van der Waals surface area contributed by atoms with Crippen molar-refractivity contribution in [3.63, 3.8) is 0 Å². The molecule has 34 heavy (non-hydrogen) atoms. The van der Waals surface area contributed by atoms with E-state index in [9.17, 15) is 13.6 Å². The van der Waals surface area contributed by atoms with Gasteiger partial charge in [0.25, 0.3) is 12.3 Å². The van der Waals surface area contributed by atoms with E-state index in [4.69, 9.17) is 0 Å². The highest BCUT2D eigenvalue weighted by Gasteiger charge is 2.28. The fourth-order valence-corrected chi connectivity index (χ4v) is 3.91. The maximum atomic E-state index is 13.1. The van der Waals surface area contributed by atoms with E-state index in [2.05, 4.69) is 25.4 Å². The zero-order chi connectivity index (χ0) is 23.8. The van der Waals surface area contributed by atoms with E-state index in [1.807, 2.05) is 26.2 Å². The normalized spacial score (nSPS) is 13.4. The molecule has 0 aliphatic carbocycles. The first-order valence-corrected chi connectivity index (χ1v) is 10.7. The number of carbonyl (C=O) groups excluding carboxylic acids is 1. The third-order valence-electron chi connectivity index (χ3n) is 5.72. The van der Waals surface area contributed by atoms with E-state index in [0.717, 1.165) is 11.4 Å². The van der Waals surface area contributed by atoms with Gasteiger partial charge in [0.2, 0.25) is 5.95 Å². The van der Waals surface area contributed by atoms with Crippen LogP contribution in [0.4, 0.5) is 20.5 Å². The summed E-state index contributed by atoms with van der Waals surface area (Å²) in [5.41, 5.74) is 2.60. The van der Waals surface area contributed by atoms with Crippen molar-refractivity contribution >= 4 is 17.7 Å². The molecule has 0 saturated carbocycles. The highest BCUT2D eigenvalue weighted by atomic mass is 19.3. The second-order valence-corrected chi connectivity index (χ2v) is 8.11. The van der Waals surface area contributed by atoms with Gasteiger partial charge in [-0.05, 0) is 24.1 Å². The smallest absolute Gasteiger partial charge is 0.290 e. The number of halogens is 2. The molecule has 1 amide bonds. The second-order valence-electron chi connectivity index (χ2n) is 8.11. The molecule has 4 heterocycles. The first-order chi connectivity index (χ1) is 16.4. The van der Waals surface area contributed by atoms with Gasteiger partial charge in [0.1, 0.15) is 11.5 Å². The van der Waals surface area contributed by atoms with Crippen LogP contribution in [-0.4, -0.2) is 46.7 Å². The number of carbonyl (C=O) groups is 1. The number of hydrogen-bond donors (Lipinski definition) is 1. The number of hydrogen-bond acceptors (Lipinski definition) is 6. The Morgan fingerprint density at radius 3 is 2.79 bits per heavy atom. The number of alkyl halides is 2. The average Bonchev–Trinajstić information content (AvgIpc) is 3.44. The van der Waals surface area contributed by atoms with Crippen LogP contribution in [-0.2, 0) is 20.1 Å². The van der Waals surface area contributed by atoms with Gasteiger partial charge < -0.3 is 14.8 Å². The Hall–Kier alpha value is -4.15.